The summed E-state index contributed by atoms with van der Waals surface area (Å²) >= 11 is 0. The average molecular weight is 286 g/mol. The molecule has 2 nitrogen and oxygen atoms in total. The number of aryl methyl sites for hydroxylation is 1. The Morgan fingerprint density at radius 2 is 1.76 bits per heavy atom. The molecule has 21 heavy (non-hydrogen) atoms. The second-order valence-corrected chi connectivity index (χ2v) is 5.70. The lowest BCUT2D eigenvalue weighted by Gasteiger charge is -2.23. The van der Waals surface area contributed by atoms with E-state index >= 15 is 0 Å². The van der Waals surface area contributed by atoms with Gasteiger partial charge in [-0.25, -0.2) is 4.39 Å². The van der Waals surface area contributed by atoms with Crippen molar-refractivity contribution in [2.75, 3.05) is 11.9 Å². The van der Waals surface area contributed by atoms with Crippen molar-refractivity contribution >= 4 is 11.4 Å². The minimum Gasteiger partial charge on any atom is -0.344 e. The van der Waals surface area contributed by atoms with Crippen LogP contribution in [-0.2, 0) is 6.54 Å². The molecule has 0 heterocycles. The summed E-state index contributed by atoms with van der Waals surface area (Å²) in [5.41, 5.74) is 4.31. The first-order valence-electron chi connectivity index (χ1n) is 7.29. The van der Waals surface area contributed by atoms with E-state index in [1.54, 1.807) is 6.07 Å². The third-order valence-corrected chi connectivity index (χ3v) is 3.52. The molecule has 0 radical (unpaired) electrons. The number of anilines is 2. The molecule has 0 saturated heterocycles. The summed E-state index contributed by atoms with van der Waals surface area (Å²) in [5, 5.41) is 3.35. The average Bonchev–Trinajstić information content (AvgIpc) is 2.45. The highest BCUT2D eigenvalue weighted by molar-refractivity contribution is 5.66. The van der Waals surface area contributed by atoms with Gasteiger partial charge in [0.1, 0.15) is 5.82 Å². The SMILES string of the molecule is Cc1ccc(N(C)c2ccc(F)cc2CNC(C)C)cc1. The van der Waals surface area contributed by atoms with E-state index in [4.69, 9.17) is 0 Å². The fraction of sp³-hybridized carbons (Fsp3) is 0.333. The van der Waals surface area contributed by atoms with Crippen LogP contribution in [0.2, 0.25) is 0 Å². The summed E-state index contributed by atoms with van der Waals surface area (Å²) in [6, 6.07) is 13.7. The van der Waals surface area contributed by atoms with Gasteiger partial charge in [-0.2, -0.15) is 0 Å². The zero-order chi connectivity index (χ0) is 15.4. The molecule has 0 aliphatic carbocycles. The van der Waals surface area contributed by atoms with Crippen LogP contribution in [-0.4, -0.2) is 13.1 Å². The number of hydrogen-bond acceptors (Lipinski definition) is 2. The van der Waals surface area contributed by atoms with Crippen LogP contribution in [0.4, 0.5) is 15.8 Å². The highest BCUT2D eigenvalue weighted by Gasteiger charge is 2.11. The van der Waals surface area contributed by atoms with Crippen LogP contribution in [0.5, 0.6) is 0 Å². The first-order chi connectivity index (χ1) is 9.97. The summed E-state index contributed by atoms with van der Waals surface area (Å²) in [4.78, 5) is 2.09. The Morgan fingerprint density at radius 1 is 1.10 bits per heavy atom. The number of rotatable bonds is 5. The zero-order valence-electron chi connectivity index (χ0n) is 13.2. The maximum atomic E-state index is 13.5. The maximum Gasteiger partial charge on any atom is 0.123 e. The quantitative estimate of drug-likeness (QED) is 0.876. The van der Waals surface area contributed by atoms with Crippen LogP contribution in [0.1, 0.15) is 25.0 Å². The molecule has 0 bridgehead atoms. The van der Waals surface area contributed by atoms with Crippen molar-refractivity contribution in [3.8, 4) is 0 Å². The van der Waals surface area contributed by atoms with Crippen molar-refractivity contribution in [3.05, 3.63) is 59.4 Å². The Kier molecular flexibility index (Phi) is 4.97. The molecule has 0 amide bonds. The third kappa shape index (κ3) is 4.05. The zero-order valence-corrected chi connectivity index (χ0v) is 13.2. The summed E-state index contributed by atoms with van der Waals surface area (Å²) < 4.78 is 13.5. The molecular weight excluding hydrogens is 263 g/mol. The fourth-order valence-corrected chi connectivity index (χ4v) is 2.24. The van der Waals surface area contributed by atoms with Gasteiger partial charge in [0.2, 0.25) is 0 Å². The Bertz CT molecular complexity index is 591. The van der Waals surface area contributed by atoms with Gasteiger partial charge in [0.25, 0.3) is 0 Å². The lowest BCUT2D eigenvalue weighted by atomic mass is 10.1. The van der Waals surface area contributed by atoms with Crippen LogP contribution in [0.15, 0.2) is 42.5 Å². The first kappa shape index (κ1) is 15.5. The van der Waals surface area contributed by atoms with Crippen LogP contribution >= 0.6 is 0 Å². The van der Waals surface area contributed by atoms with Gasteiger partial charge in [0, 0.05) is 31.0 Å². The normalized spacial score (nSPS) is 11.0. The van der Waals surface area contributed by atoms with Crippen molar-refractivity contribution < 1.29 is 4.39 Å². The van der Waals surface area contributed by atoms with Gasteiger partial charge >= 0.3 is 0 Å². The lowest BCUT2D eigenvalue weighted by molar-refractivity contribution is 0.581. The predicted molar refractivity (Wildman–Crippen MR) is 87.6 cm³/mol. The minimum absolute atomic E-state index is 0.198. The molecule has 3 heteroatoms. The van der Waals surface area contributed by atoms with E-state index in [-0.39, 0.29) is 5.82 Å². The molecule has 2 rings (SSSR count). The smallest absolute Gasteiger partial charge is 0.123 e. The summed E-state index contributed by atoms with van der Waals surface area (Å²) in [6.45, 7) is 6.89. The van der Waals surface area contributed by atoms with Crippen molar-refractivity contribution in [3.63, 3.8) is 0 Å². The molecule has 2 aromatic carbocycles. The highest BCUT2D eigenvalue weighted by Crippen LogP contribution is 2.28. The number of hydrogen-bond donors (Lipinski definition) is 1. The Balaban J connectivity index is 2.30. The van der Waals surface area contributed by atoms with Crippen LogP contribution < -0.4 is 10.2 Å². The van der Waals surface area contributed by atoms with Gasteiger partial charge in [0.05, 0.1) is 0 Å². The van der Waals surface area contributed by atoms with E-state index < -0.39 is 0 Å². The monoisotopic (exact) mass is 286 g/mol. The minimum atomic E-state index is -0.198. The van der Waals surface area contributed by atoms with Crippen molar-refractivity contribution in [1.82, 2.24) is 5.32 Å². The standard InChI is InChI=1S/C18H23FN2/c1-13(2)20-12-15-11-16(19)7-10-18(15)21(4)17-8-5-14(3)6-9-17/h5-11,13,20H,12H2,1-4H3. The van der Waals surface area contributed by atoms with E-state index in [2.05, 4.69) is 55.3 Å². The largest absolute Gasteiger partial charge is 0.344 e. The van der Waals surface area contributed by atoms with E-state index in [1.165, 1.54) is 11.6 Å². The van der Waals surface area contributed by atoms with Gasteiger partial charge in [-0.15, -0.1) is 0 Å². The molecule has 112 valence electrons. The van der Waals surface area contributed by atoms with E-state index in [1.807, 2.05) is 13.1 Å². The third-order valence-electron chi connectivity index (χ3n) is 3.52. The Hall–Kier alpha value is -1.87. The highest BCUT2D eigenvalue weighted by atomic mass is 19.1. The number of nitrogens with zero attached hydrogens (tertiary/aromatic N) is 1. The topological polar surface area (TPSA) is 15.3 Å². The molecule has 0 aliphatic heterocycles. The van der Waals surface area contributed by atoms with Crippen LogP contribution in [0, 0.1) is 12.7 Å². The molecule has 0 atom stereocenters. The summed E-state index contributed by atoms with van der Waals surface area (Å²) in [5.74, 6) is -0.198. The number of nitrogens with one attached hydrogen (secondary N) is 1. The Morgan fingerprint density at radius 3 is 2.38 bits per heavy atom. The first-order valence-corrected chi connectivity index (χ1v) is 7.29. The maximum absolute atomic E-state index is 13.5. The number of halogens is 1. The van der Waals surface area contributed by atoms with Crippen molar-refractivity contribution in [2.24, 2.45) is 0 Å². The van der Waals surface area contributed by atoms with Gasteiger partial charge in [-0.1, -0.05) is 31.5 Å². The van der Waals surface area contributed by atoms with Gasteiger partial charge in [-0.3, -0.25) is 0 Å². The second-order valence-electron chi connectivity index (χ2n) is 5.70. The van der Waals surface area contributed by atoms with Gasteiger partial charge in [0.15, 0.2) is 0 Å². The van der Waals surface area contributed by atoms with E-state index in [0.29, 0.717) is 12.6 Å². The predicted octanol–water partition coefficient (Wildman–Crippen LogP) is 4.40. The molecular formula is C18H23FN2. The second kappa shape index (κ2) is 6.72. The summed E-state index contributed by atoms with van der Waals surface area (Å²) in [7, 11) is 2.01. The Labute approximate surface area is 126 Å². The van der Waals surface area contributed by atoms with E-state index in [0.717, 1.165) is 16.9 Å². The van der Waals surface area contributed by atoms with Crippen LogP contribution in [0.25, 0.3) is 0 Å². The number of benzene rings is 2. The molecule has 0 aromatic heterocycles. The lowest BCUT2D eigenvalue weighted by Crippen LogP contribution is -2.23. The molecule has 0 unspecified atom stereocenters. The molecule has 0 spiro atoms. The van der Waals surface area contributed by atoms with Gasteiger partial charge < -0.3 is 10.2 Å². The van der Waals surface area contributed by atoms with Crippen molar-refractivity contribution in [1.29, 1.82) is 0 Å². The van der Waals surface area contributed by atoms with Crippen molar-refractivity contribution in [2.45, 2.75) is 33.4 Å². The van der Waals surface area contributed by atoms with Crippen LogP contribution in [0.3, 0.4) is 0 Å². The molecule has 0 aliphatic rings. The molecule has 1 N–H and O–H groups in total. The van der Waals surface area contributed by atoms with Gasteiger partial charge in [-0.05, 0) is 42.8 Å². The summed E-state index contributed by atoms with van der Waals surface area (Å²) in [6.07, 6.45) is 0. The molecule has 2 aromatic rings. The molecule has 0 saturated carbocycles. The van der Waals surface area contributed by atoms with E-state index in [9.17, 15) is 4.39 Å². The fourth-order valence-electron chi connectivity index (χ4n) is 2.24. The molecule has 0 fully saturated rings.